The van der Waals surface area contributed by atoms with E-state index in [1.165, 1.54) is 0 Å². The van der Waals surface area contributed by atoms with Crippen LogP contribution in [0.15, 0.2) is 0 Å². The first kappa shape index (κ1) is 23.7. The Labute approximate surface area is 149 Å². The van der Waals surface area contributed by atoms with Crippen molar-refractivity contribution in [2.24, 2.45) is 0 Å². The lowest BCUT2D eigenvalue weighted by Gasteiger charge is -2.42. The van der Waals surface area contributed by atoms with E-state index in [-0.39, 0.29) is 0 Å². The molecule has 0 amide bonds. The SMILES string of the molecule is CCCOCCC[Si](O[Si](C)(C)C)(O[Si](C)(C)C)O[Si](C)(C)C. The highest BCUT2D eigenvalue weighted by molar-refractivity contribution is 6.90. The smallest absolute Gasteiger partial charge is 0.417 e. The first-order chi connectivity index (χ1) is 10.2. The van der Waals surface area contributed by atoms with Crippen molar-refractivity contribution in [3.63, 3.8) is 0 Å². The molecule has 8 heteroatoms. The summed E-state index contributed by atoms with van der Waals surface area (Å²) in [5, 5.41) is 0. The van der Waals surface area contributed by atoms with Crippen molar-refractivity contribution in [2.45, 2.75) is 84.7 Å². The second-order valence-electron chi connectivity index (χ2n) is 9.04. The molecule has 0 saturated carbocycles. The van der Waals surface area contributed by atoms with Gasteiger partial charge in [-0.2, -0.15) is 0 Å². The molecule has 0 rings (SSSR count). The Kier molecular flexibility index (Phi) is 9.71. The zero-order chi connectivity index (χ0) is 18.4. The summed E-state index contributed by atoms with van der Waals surface area (Å²) in [6, 6.07) is 0.871. The maximum atomic E-state index is 6.63. The van der Waals surface area contributed by atoms with Crippen molar-refractivity contribution in [2.75, 3.05) is 13.2 Å². The summed E-state index contributed by atoms with van der Waals surface area (Å²) in [6.45, 7) is 23.8. The minimum absolute atomic E-state index is 0.766. The van der Waals surface area contributed by atoms with E-state index in [9.17, 15) is 0 Å². The Morgan fingerprint density at radius 1 is 0.609 bits per heavy atom. The van der Waals surface area contributed by atoms with Gasteiger partial charge in [0, 0.05) is 19.3 Å². The zero-order valence-electron chi connectivity index (χ0n) is 17.2. The van der Waals surface area contributed by atoms with Crippen molar-refractivity contribution < 1.29 is 17.1 Å². The van der Waals surface area contributed by atoms with Crippen LogP contribution in [0.2, 0.25) is 65.0 Å². The fourth-order valence-corrected chi connectivity index (χ4v) is 16.9. The quantitative estimate of drug-likeness (QED) is 0.331. The topological polar surface area (TPSA) is 36.9 Å². The normalized spacial score (nSPS) is 14.3. The van der Waals surface area contributed by atoms with E-state index >= 15 is 0 Å². The summed E-state index contributed by atoms with van der Waals surface area (Å²) in [5.74, 6) is 0. The second-order valence-corrected chi connectivity index (χ2v) is 26.0. The van der Waals surface area contributed by atoms with Crippen LogP contribution in [0.4, 0.5) is 0 Å². The van der Waals surface area contributed by atoms with Crippen LogP contribution in [0, 0.1) is 0 Å². The molecule has 0 heterocycles. The third kappa shape index (κ3) is 13.7. The molecule has 0 radical (unpaired) electrons. The molecule has 23 heavy (non-hydrogen) atoms. The zero-order valence-corrected chi connectivity index (χ0v) is 21.2. The van der Waals surface area contributed by atoms with E-state index in [4.69, 9.17) is 17.1 Å². The molecule has 0 aliphatic rings. The molecule has 0 aromatic heterocycles. The largest absolute Gasteiger partial charge is 0.469 e. The molecule has 0 aromatic carbocycles. The van der Waals surface area contributed by atoms with Gasteiger partial charge in [-0.1, -0.05) is 6.92 Å². The molecule has 0 bridgehead atoms. The van der Waals surface area contributed by atoms with Crippen LogP contribution in [-0.4, -0.2) is 47.0 Å². The van der Waals surface area contributed by atoms with Gasteiger partial charge < -0.3 is 17.1 Å². The Hall–Kier alpha value is 0.708. The van der Waals surface area contributed by atoms with Crippen LogP contribution in [0.5, 0.6) is 0 Å². The lowest BCUT2D eigenvalue weighted by molar-refractivity contribution is 0.131. The average Bonchev–Trinajstić information content (AvgIpc) is 2.20. The fourth-order valence-electron chi connectivity index (χ4n) is 2.25. The number of rotatable bonds is 12. The third-order valence-electron chi connectivity index (χ3n) is 2.51. The van der Waals surface area contributed by atoms with Gasteiger partial charge in [0.2, 0.25) is 0 Å². The van der Waals surface area contributed by atoms with Crippen molar-refractivity contribution in [1.29, 1.82) is 0 Å². The van der Waals surface area contributed by atoms with Gasteiger partial charge in [-0.15, -0.1) is 0 Å². The standard InChI is InChI=1S/C15H40O4Si4/c1-11-13-16-14-12-15-23(17-20(2,3)4,18-21(5,6)7)19-22(8,9)10/h11-15H2,1-10H3. The van der Waals surface area contributed by atoms with Gasteiger partial charge >= 0.3 is 8.80 Å². The fraction of sp³-hybridized carbons (Fsp3) is 1.00. The predicted octanol–water partition coefficient (Wildman–Crippen LogP) is 5.30. The summed E-state index contributed by atoms with van der Waals surface area (Å²) < 4.78 is 25.6. The lowest BCUT2D eigenvalue weighted by atomic mass is 10.5. The average molecular weight is 397 g/mol. The summed E-state index contributed by atoms with van der Waals surface area (Å²) in [4.78, 5) is 0. The van der Waals surface area contributed by atoms with Crippen molar-refractivity contribution in [3.05, 3.63) is 0 Å². The van der Waals surface area contributed by atoms with Crippen LogP contribution in [-0.2, 0) is 17.1 Å². The molecule has 0 atom stereocenters. The summed E-state index contributed by atoms with van der Waals surface area (Å²) in [5.41, 5.74) is 0. The molecule has 0 unspecified atom stereocenters. The highest BCUT2D eigenvalue weighted by Gasteiger charge is 2.49. The predicted molar refractivity (Wildman–Crippen MR) is 110 cm³/mol. The molecule has 0 aliphatic carbocycles. The van der Waals surface area contributed by atoms with Crippen LogP contribution >= 0.6 is 0 Å². The first-order valence-electron chi connectivity index (χ1n) is 8.86. The molecular formula is C15H40O4Si4. The number of ether oxygens (including phenoxy) is 1. The second kappa shape index (κ2) is 9.42. The van der Waals surface area contributed by atoms with Crippen LogP contribution in [0.1, 0.15) is 19.8 Å². The lowest BCUT2D eigenvalue weighted by Crippen LogP contribution is -2.60. The van der Waals surface area contributed by atoms with Crippen molar-refractivity contribution in [1.82, 2.24) is 0 Å². The van der Waals surface area contributed by atoms with Gasteiger partial charge in [-0.3, -0.25) is 0 Å². The molecule has 0 N–H and O–H groups in total. The Morgan fingerprint density at radius 2 is 1.00 bits per heavy atom. The van der Waals surface area contributed by atoms with Gasteiger partial charge in [-0.05, 0) is 71.8 Å². The van der Waals surface area contributed by atoms with Crippen LogP contribution < -0.4 is 0 Å². The summed E-state index contributed by atoms with van der Waals surface area (Å²) >= 11 is 0. The van der Waals surface area contributed by atoms with Gasteiger partial charge in [0.15, 0.2) is 25.0 Å². The molecule has 4 nitrogen and oxygen atoms in total. The molecule has 0 fully saturated rings. The summed E-state index contributed by atoms with van der Waals surface area (Å²) in [7, 11) is -7.91. The highest BCUT2D eigenvalue weighted by Crippen LogP contribution is 2.29. The molecule has 0 saturated heterocycles. The molecule has 0 aromatic rings. The molecule has 140 valence electrons. The Balaban J connectivity index is 5.21. The monoisotopic (exact) mass is 396 g/mol. The Bertz CT molecular complexity index is 291. The van der Waals surface area contributed by atoms with E-state index in [0.29, 0.717) is 0 Å². The van der Waals surface area contributed by atoms with Crippen LogP contribution in [0.3, 0.4) is 0 Å². The van der Waals surface area contributed by atoms with Crippen molar-refractivity contribution >= 4 is 33.8 Å². The summed E-state index contributed by atoms with van der Waals surface area (Å²) in [6.07, 6.45) is 2.01. The van der Waals surface area contributed by atoms with E-state index in [2.05, 4.69) is 65.8 Å². The van der Waals surface area contributed by atoms with E-state index in [1.54, 1.807) is 0 Å². The minimum atomic E-state index is -2.66. The highest BCUT2D eigenvalue weighted by atomic mass is 28.5. The van der Waals surface area contributed by atoms with Gasteiger partial charge in [-0.25, -0.2) is 0 Å². The molecular weight excluding hydrogens is 357 g/mol. The maximum absolute atomic E-state index is 6.63. The van der Waals surface area contributed by atoms with E-state index in [1.807, 2.05) is 0 Å². The number of hydrogen-bond donors (Lipinski definition) is 0. The van der Waals surface area contributed by atoms with Gasteiger partial charge in [0.05, 0.1) is 0 Å². The van der Waals surface area contributed by atoms with Gasteiger partial charge in [0.1, 0.15) is 0 Å². The van der Waals surface area contributed by atoms with Gasteiger partial charge in [0.25, 0.3) is 0 Å². The van der Waals surface area contributed by atoms with E-state index in [0.717, 1.165) is 32.1 Å². The maximum Gasteiger partial charge on any atom is 0.469 e. The third-order valence-corrected chi connectivity index (χ3v) is 14.6. The first-order valence-corrected chi connectivity index (χ1v) is 21.0. The van der Waals surface area contributed by atoms with E-state index < -0.39 is 33.8 Å². The minimum Gasteiger partial charge on any atom is -0.417 e. The van der Waals surface area contributed by atoms with Crippen LogP contribution in [0.25, 0.3) is 0 Å². The molecule has 0 spiro atoms. The van der Waals surface area contributed by atoms with Crippen molar-refractivity contribution in [3.8, 4) is 0 Å². The number of hydrogen-bond acceptors (Lipinski definition) is 4. The Morgan fingerprint density at radius 3 is 1.30 bits per heavy atom. The molecule has 0 aliphatic heterocycles.